The normalized spacial score (nSPS) is 26.8. The summed E-state index contributed by atoms with van der Waals surface area (Å²) in [5, 5.41) is 1.64. The van der Waals surface area contributed by atoms with Crippen molar-refractivity contribution in [3.8, 4) is 0 Å². The van der Waals surface area contributed by atoms with Crippen molar-refractivity contribution in [3.05, 3.63) is 23.4 Å². The third kappa shape index (κ3) is 2.98. The molecule has 0 aromatic heterocycles. The van der Waals surface area contributed by atoms with E-state index >= 15 is 0 Å². The summed E-state index contributed by atoms with van der Waals surface area (Å²) in [6.07, 6.45) is 12.5. The van der Waals surface area contributed by atoms with Crippen LogP contribution in [0.1, 0.15) is 25.7 Å². The first-order valence-electron chi connectivity index (χ1n) is 4.98. The highest BCUT2D eigenvalue weighted by molar-refractivity contribution is 6.83. The molecule has 68 valence electrons. The first-order valence-corrected chi connectivity index (χ1v) is 8.48. The van der Waals surface area contributed by atoms with Crippen LogP contribution in [0.25, 0.3) is 0 Å². The maximum atomic E-state index is 2.46. The summed E-state index contributed by atoms with van der Waals surface area (Å²) in [7, 11) is -1.04. The monoisotopic (exact) mass is 180 g/mol. The van der Waals surface area contributed by atoms with Gasteiger partial charge in [-0.05, 0) is 25.7 Å². The van der Waals surface area contributed by atoms with Crippen LogP contribution in [-0.2, 0) is 0 Å². The summed E-state index contributed by atoms with van der Waals surface area (Å²) in [6, 6.07) is 0. The second-order valence-corrected chi connectivity index (χ2v) is 9.67. The topological polar surface area (TPSA) is 0 Å². The molecule has 1 aliphatic carbocycles. The Balaban J connectivity index is 2.72. The van der Waals surface area contributed by atoms with Crippen LogP contribution >= 0.6 is 0 Å². The molecule has 0 atom stereocenters. The molecule has 0 bridgehead atoms. The molecule has 0 aromatic carbocycles. The third-order valence-corrected chi connectivity index (χ3v) is 4.46. The van der Waals surface area contributed by atoms with E-state index in [0.29, 0.717) is 0 Å². The molecule has 1 aliphatic rings. The van der Waals surface area contributed by atoms with Gasteiger partial charge in [-0.25, -0.2) is 0 Å². The number of rotatable bonds is 1. The standard InChI is InChI=1S/C11H20Si/c1-12(2,3)11-9-7-5-4-6-8-10-11/h7,9-10H,4-6,8H2,1-3H3/b9-7-,11-10+. The molecular weight excluding hydrogens is 160 g/mol. The third-order valence-electron chi connectivity index (χ3n) is 2.35. The maximum absolute atomic E-state index is 2.46. The lowest BCUT2D eigenvalue weighted by Gasteiger charge is -2.19. The van der Waals surface area contributed by atoms with Crippen LogP contribution in [-0.4, -0.2) is 8.07 Å². The van der Waals surface area contributed by atoms with Crippen LogP contribution in [0, 0.1) is 0 Å². The highest BCUT2D eigenvalue weighted by Gasteiger charge is 2.16. The Labute approximate surface area is 77.4 Å². The zero-order valence-electron chi connectivity index (χ0n) is 8.56. The molecule has 0 amide bonds. The second-order valence-electron chi connectivity index (χ2n) is 4.60. The van der Waals surface area contributed by atoms with E-state index in [1.165, 1.54) is 25.7 Å². The molecule has 12 heavy (non-hydrogen) atoms. The quantitative estimate of drug-likeness (QED) is 0.537. The lowest BCUT2D eigenvalue weighted by molar-refractivity contribution is 0.757. The average Bonchev–Trinajstić information content (AvgIpc) is 1.81. The maximum Gasteiger partial charge on any atom is 0.0771 e. The SMILES string of the molecule is C[Si](C)(C)C1=C/CCCC/C=C\1. The van der Waals surface area contributed by atoms with Crippen molar-refractivity contribution in [3.63, 3.8) is 0 Å². The van der Waals surface area contributed by atoms with Crippen molar-refractivity contribution in [1.29, 1.82) is 0 Å². The van der Waals surface area contributed by atoms with Gasteiger partial charge < -0.3 is 0 Å². The Morgan fingerprint density at radius 1 is 1.08 bits per heavy atom. The molecular formula is C11H20Si. The predicted molar refractivity (Wildman–Crippen MR) is 59.0 cm³/mol. The molecule has 0 saturated carbocycles. The molecule has 0 aromatic rings. The van der Waals surface area contributed by atoms with Crippen molar-refractivity contribution in [1.82, 2.24) is 0 Å². The molecule has 1 heteroatoms. The largest absolute Gasteiger partial charge is 0.0853 e. The van der Waals surface area contributed by atoms with Gasteiger partial charge in [0.25, 0.3) is 0 Å². The molecule has 0 fully saturated rings. The fourth-order valence-electron chi connectivity index (χ4n) is 1.50. The van der Waals surface area contributed by atoms with Gasteiger partial charge in [0.05, 0.1) is 8.07 Å². The van der Waals surface area contributed by atoms with Gasteiger partial charge in [0.15, 0.2) is 0 Å². The molecule has 0 unspecified atom stereocenters. The minimum atomic E-state index is -1.04. The van der Waals surface area contributed by atoms with Gasteiger partial charge in [-0.3, -0.25) is 0 Å². The van der Waals surface area contributed by atoms with E-state index in [4.69, 9.17) is 0 Å². The number of hydrogen-bond donors (Lipinski definition) is 0. The van der Waals surface area contributed by atoms with Gasteiger partial charge >= 0.3 is 0 Å². The van der Waals surface area contributed by atoms with Gasteiger partial charge in [0, 0.05) is 0 Å². The molecule has 0 heterocycles. The highest BCUT2D eigenvalue weighted by Crippen LogP contribution is 2.19. The van der Waals surface area contributed by atoms with Gasteiger partial charge in [0.2, 0.25) is 0 Å². The van der Waals surface area contributed by atoms with Crippen molar-refractivity contribution >= 4 is 8.07 Å². The van der Waals surface area contributed by atoms with E-state index in [2.05, 4.69) is 37.9 Å². The Kier molecular flexibility index (Phi) is 3.33. The molecule has 1 rings (SSSR count). The minimum absolute atomic E-state index is 1.04. The van der Waals surface area contributed by atoms with Crippen molar-refractivity contribution in [2.24, 2.45) is 0 Å². The van der Waals surface area contributed by atoms with E-state index in [1.807, 2.05) is 0 Å². The van der Waals surface area contributed by atoms with Crippen molar-refractivity contribution in [2.45, 2.75) is 45.3 Å². The van der Waals surface area contributed by atoms with E-state index in [1.54, 1.807) is 5.20 Å². The molecule has 0 aliphatic heterocycles. The fraction of sp³-hybridized carbons (Fsp3) is 0.636. The van der Waals surface area contributed by atoms with Crippen LogP contribution in [0.5, 0.6) is 0 Å². The second kappa shape index (κ2) is 4.08. The zero-order chi connectivity index (χ0) is 9.03. The number of allylic oxidation sites excluding steroid dienone is 4. The Bertz CT molecular complexity index is 194. The van der Waals surface area contributed by atoms with Gasteiger partial charge in [-0.2, -0.15) is 0 Å². The highest BCUT2D eigenvalue weighted by atomic mass is 28.3. The zero-order valence-corrected chi connectivity index (χ0v) is 9.56. The van der Waals surface area contributed by atoms with Gasteiger partial charge in [0.1, 0.15) is 0 Å². The minimum Gasteiger partial charge on any atom is -0.0853 e. The van der Waals surface area contributed by atoms with E-state index in [-0.39, 0.29) is 0 Å². The lowest BCUT2D eigenvalue weighted by Crippen LogP contribution is -2.22. The van der Waals surface area contributed by atoms with Crippen molar-refractivity contribution < 1.29 is 0 Å². The summed E-state index contributed by atoms with van der Waals surface area (Å²) in [5.74, 6) is 0. The van der Waals surface area contributed by atoms with Crippen LogP contribution in [0.3, 0.4) is 0 Å². The summed E-state index contributed by atoms with van der Waals surface area (Å²) >= 11 is 0. The summed E-state index contributed by atoms with van der Waals surface area (Å²) in [5.41, 5.74) is 0. The first-order chi connectivity index (χ1) is 5.61. The summed E-state index contributed by atoms with van der Waals surface area (Å²) < 4.78 is 0. The smallest absolute Gasteiger partial charge is 0.0771 e. The summed E-state index contributed by atoms with van der Waals surface area (Å²) in [6.45, 7) is 7.26. The van der Waals surface area contributed by atoms with Crippen LogP contribution in [0.2, 0.25) is 19.6 Å². The molecule has 0 nitrogen and oxygen atoms in total. The Morgan fingerprint density at radius 2 is 1.75 bits per heavy atom. The lowest BCUT2D eigenvalue weighted by atomic mass is 10.1. The first kappa shape index (κ1) is 9.78. The van der Waals surface area contributed by atoms with E-state index < -0.39 is 8.07 Å². The summed E-state index contributed by atoms with van der Waals surface area (Å²) in [4.78, 5) is 0. The van der Waals surface area contributed by atoms with Crippen LogP contribution < -0.4 is 0 Å². The molecule has 0 N–H and O–H groups in total. The predicted octanol–water partition coefficient (Wildman–Crippen LogP) is 3.92. The molecule has 0 spiro atoms. The van der Waals surface area contributed by atoms with Gasteiger partial charge in [-0.15, -0.1) is 0 Å². The Morgan fingerprint density at radius 3 is 2.42 bits per heavy atom. The van der Waals surface area contributed by atoms with E-state index in [9.17, 15) is 0 Å². The average molecular weight is 180 g/mol. The molecule has 0 saturated heterocycles. The van der Waals surface area contributed by atoms with Gasteiger partial charge in [-0.1, -0.05) is 43.1 Å². The van der Waals surface area contributed by atoms with Crippen LogP contribution in [0.4, 0.5) is 0 Å². The molecule has 0 radical (unpaired) electrons. The van der Waals surface area contributed by atoms with Crippen molar-refractivity contribution in [2.75, 3.05) is 0 Å². The van der Waals surface area contributed by atoms with E-state index in [0.717, 1.165) is 0 Å². The fourth-order valence-corrected chi connectivity index (χ4v) is 2.87. The number of hydrogen-bond acceptors (Lipinski definition) is 0. The van der Waals surface area contributed by atoms with Crippen LogP contribution in [0.15, 0.2) is 23.4 Å². The Hall–Kier alpha value is -0.303.